The summed E-state index contributed by atoms with van der Waals surface area (Å²) in [5.41, 5.74) is 0.546. The fourth-order valence-electron chi connectivity index (χ4n) is 2.64. The van der Waals surface area contributed by atoms with E-state index < -0.39 is 0 Å². The van der Waals surface area contributed by atoms with E-state index in [1.807, 2.05) is 0 Å². The summed E-state index contributed by atoms with van der Waals surface area (Å²) in [5.74, 6) is 1.04. The zero-order valence-electron chi connectivity index (χ0n) is 11.1. The summed E-state index contributed by atoms with van der Waals surface area (Å²) in [6.07, 6.45) is 2.93. The molecule has 19 heavy (non-hydrogen) atoms. The first-order valence-corrected chi connectivity index (χ1v) is 7.52. The lowest BCUT2D eigenvalue weighted by molar-refractivity contribution is 0.0943. The van der Waals surface area contributed by atoms with E-state index in [9.17, 15) is 4.79 Å². The molecule has 0 saturated carbocycles. The summed E-state index contributed by atoms with van der Waals surface area (Å²) >= 11 is 12.0. The molecule has 1 N–H and O–H groups in total. The molecule has 2 atom stereocenters. The molecule has 0 radical (unpaired) electrons. The van der Waals surface area contributed by atoms with Crippen LogP contribution in [0.5, 0.6) is 0 Å². The summed E-state index contributed by atoms with van der Waals surface area (Å²) in [4.78, 5) is 12.3. The van der Waals surface area contributed by atoms with Crippen molar-refractivity contribution in [1.29, 1.82) is 0 Å². The van der Waals surface area contributed by atoms with Crippen LogP contribution in [0, 0.1) is 11.8 Å². The minimum atomic E-state index is 0.0885. The Labute approximate surface area is 124 Å². The van der Waals surface area contributed by atoms with Crippen molar-refractivity contribution < 1.29 is 4.79 Å². The number of halogens is 2. The van der Waals surface area contributed by atoms with Crippen molar-refractivity contribution >= 4 is 29.0 Å². The Hall–Kier alpha value is -0.570. The van der Waals surface area contributed by atoms with E-state index in [-0.39, 0.29) is 5.78 Å². The Kier molecular flexibility index (Phi) is 5.26. The zero-order chi connectivity index (χ0) is 13.8. The largest absolute Gasteiger partial charge is 0.316 e. The molecular weight excluding hydrogens is 281 g/mol. The number of benzene rings is 1. The molecule has 1 aliphatic heterocycles. The molecule has 0 amide bonds. The number of rotatable bonds is 4. The van der Waals surface area contributed by atoms with Gasteiger partial charge in [-0.2, -0.15) is 0 Å². The molecule has 0 aliphatic carbocycles. The molecular formula is C15H19Cl2NO. The highest BCUT2D eigenvalue weighted by Gasteiger charge is 2.23. The van der Waals surface area contributed by atoms with Gasteiger partial charge >= 0.3 is 0 Å². The Morgan fingerprint density at radius 2 is 2.26 bits per heavy atom. The monoisotopic (exact) mass is 299 g/mol. The Bertz CT molecular complexity index is 455. The van der Waals surface area contributed by atoms with Gasteiger partial charge in [-0.25, -0.2) is 0 Å². The smallest absolute Gasteiger partial charge is 0.164 e. The van der Waals surface area contributed by atoms with Gasteiger partial charge in [0.05, 0.1) is 5.02 Å². The van der Waals surface area contributed by atoms with Crippen molar-refractivity contribution in [2.75, 3.05) is 13.1 Å². The van der Waals surface area contributed by atoms with Crippen molar-refractivity contribution in [2.45, 2.75) is 26.2 Å². The van der Waals surface area contributed by atoms with Gasteiger partial charge in [0.15, 0.2) is 5.78 Å². The molecule has 1 saturated heterocycles. The van der Waals surface area contributed by atoms with Crippen LogP contribution >= 0.6 is 23.2 Å². The summed E-state index contributed by atoms with van der Waals surface area (Å²) in [7, 11) is 0. The Morgan fingerprint density at radius 3 is 2.95 bits per heavy atom. The van der Waals surface area contributed by atoms with Crippen LogP contribution in [0.15, 0.2) is 18.2 Å². The quantitative estimate of drug-likeness (QED) is 0.844. The van der Waals surface area contributed by atoms with Crippen molar-refractivity contribution in [3.8, 4) is 0 Å². The minimum Gasteiger partial charge on any atom is -0.316 e. The summed E-state index contributed by atoms with van der Waals surface area (Å²) in [5, 5.41) is 4.44. The normalized spacial score (nSPS) is 21.1. The predicted octanol–water partition coefficient (Wildman–Crippen LogP) is 4.20. The molecule has 1 aromatic rings. The van der Waals surface area contributed by atoms with Gasteiger partial charge in [0.25, 0.3) is 0 Å². The van der Waals surface area contributed by atoms with E-state index in [0.717, 1.165) is 13.1 Å². The lowest BCUT2D eigenvalue weighted by Gasteiger charge is -2.28. The molecule has 2 unspecified atom stereocenters. The number of piperidine rings is 1. The topological polar surface area (TPSA) is 29.1 Å². The average molecular weight is 300 g/mol. The third kappa shape index (κ3) is 3.95. The van der Waals surface area contributed by atoms with Crippen LogP contribution < -0.4 is 5.32 Å². The Morgan fingerprint density at radius 1 is 1.47 bits per heavy atom. The van der Waals surface area contributed by atoms with Crippen LogP contribution in [0.1, 0.15) is 36.5 Å². The van der Waals surface area contributed by atoms with E-state index in [0.29, 0.717) is 33.9 Å². The third-order valence-corrected chi connectivity index (χ3v) is 4.44. The SMILES string of the molecule is CC(CC(=O)c1cc(Cl)ccc1Cl)C1CCCNC1. The van der Waals surface area contributed by atoms with Crippen LogP contribution in [0.2, 0.25) is 10.0 Å². The Balaban J connectivity index is 2.01. The van der Waals surface area contributed by atoms with E-state index in [1.54, 1.807) is 18.2 Å². The highest BCUT2D eigenvalue weighted by molar-refractivity contribution is 6.35. The zero-order valence-corrected chi connectivity index (χ0v) is 12.6. The number of hydrogen-bond acceptors (Lipinski definition) is 2. The van der Waals surface area contributed by atoms with Gasteiger partial charge in [-0.05, 0) is 56.0 Å². The van der Waals surface area contributed by atoms with Crippen LogP contribution in [-0.2, 0) is 0 Å². The average Bonchev–Trinajstić information content (AvgIpc) is 2.42. The van der Waals surface area contributed by atoms with Crippen LogP contribution in [0.25, 0.3) is 0 Å². The van der Waals surface area contributed by atoms with Crippen LogP contribution in [0.4, 0.5) is 0 Å². The second-order valence-electron chi connectivity index (χ2n) is 5.34. The second-order valence-corrected chi connectivity index (χ2v) is 6.18. The predicted molar refractivity (Wildman–Crippen MR) is 80.2 cm³/mol. The molecule has 1 heterocycles. The van der Waals surface area contributed by atoms with Gasteiger partial charge in [-0.1, -0.05) is 30.1 Å². The molecule has 104 valence electrons. The maximum absolute atomic E-state index is 12.3. The second kappa shape index (κ2) is 6.74. The maximum atomic E-state index is 12.3. The first kappa shape index (κ1) is 14.8. The third-order valence-electron chi connectivity index (χ3n) is 3.88. The molecule has 4 heteroatoms. The van der Waals surface area contributed by atoms with Crippen LogP contribution in [-0.4, -0.2) is 18.9 Å². The lowest BCUT2D eigenvalue weighted by Crippen LogP contribution is -2.34. The number of hydrogen-bond donors (Lipinski definition) is 1. The lowest BCUT2D eigenvalue weighted by atomic mass is 9.83. The molecule has 0 bridgehead atoms. The van der Waals surface area contributed by atoms with E-state index in [2.05, 4.69) is 12.2 Å². The summed E-state index contributed by atoms with van der Waals surface area (Å²) < 4.78 is 0. The van der Waals surface area contributed by atoms with Crippen molar-refractivity contribution in [3.63, 3.8) is 0 Å². The number of carbonyl (C=O) groups excluding carboxylic acids is 1. The minimum absolute atomic E-state index is 0.0885. The van der Waals surface area contributed by atoms with Crippen molar-refractivity contribution in [2.24, 2.45) is 11.8 Å². The van der Waals surface area contributed by atoms with Gasteiger partial charge in [0.1, 0.15) is 0 Å². The van der Waals surface area contributed by atoms with E-state index in [1.165, 1.54) is 12.8 Å². The molecule has 2 nitrogen and oxygen atoms in total. The molecule has 2 rings (SSSR count). The van der Waals surface area contributed by atoms with E-state index in [4.69, 9.17) is 23.2 Å². The number of carbonyl (C=O) groups is 1. The standard InChI is InChI=1S/C15H19Cl2NO/c1-10(11-3-2-6-18-9-11)7-15(19)13-8-12(16)4-5-14(13)17/h4-5,8,10-11,18H,2-3,6-7,9H2,1H3. The van der Waals surface area contributed by atoms with Crippen molar-refractivity contribution in [3.05, 3.63) is 33.8 Å². The number of ketones is 1. The molecule has 1 aliphatic rings. The fourth-order valence-corrected chi connectivity index (χ4v) is 3.04. The molecule has 1 aromatic carbocycles. The number of nitrogens with one attached hydrogen (secondary N) is 1. The van der Waals surface area contributed by atoms with Crippen LogP contribution in [0.3, 0.4) is 0 Å². The molecule has 0 spiro atoms. The van der Waals surface area contributed by atoms with E-state index >= 15 is 0 Å². The highest BCUT2D eigenvalue weighted by Crippen LogP contribution is 2.27. The van der Waals surface area contributed by atoms with Gasteiger partial charge < -0.3 is 5.32 Å². The first-order chi connectivity index (χ1) is 9.08. The molecule has 0 aromatic heterocycles. The molecule has 1 fully saturated rings. The van der Waals surface area contributed by atoms with Gasteiger partial charge in [0.2, 0.25) is 0 Å². The van der Waals surface area contributed by atoms with Gasteiger partial charge in [-0.3, -0.25) is 4.79 Å². The van der Waals surface area contributed by atoms with Gasteiger partial charge in [-0.15, -0.1) is 0 Å². The number of Topliss-reactive ketones (excluding diaryl/α,β-unsaturated/α-hetero) is 1. The van der Waals surface area contributed by atoms with Crippen molar-refractivity contribution in [1.82, 2.24) is 5.32 Å². The van der Waals surface area contributed by atoms with Gasteiger partial charge in [0, 0.05) is 17.0 Å². The maximum Gasteiger partial charge on any atom is 0.164 e. The summed E-state index contributed by atoms with van der Waals surface area (Å²) in [6, 6.07) is 5.05. The highest BCUT2D eigenvalue weighted by atomic mass is 35.5. The summed E-state index contributed by atoms with van der Waals surface area (Å²) in [6.45, 7) is 4.25. The fraction of sp³-hybridized carbons (Fsp3) is 0.533. The first-order valence-electron chi connectivity index (χ1n) is 6.77.